The van der Waals surface area contributed by atoms with Gasteiger partial charge in [0.15, 0.2) is 12.4 Å². The van der Waals surface area contributed by atoms with Gasteiger partial charge in [0.25, 0.3) is 11.5 Å². The van der Waals surface area contributed by atoms with E-state index in [4.69, 9.17) is 9.72 Å². The van der Waals surface area contributed by atoms with E-state index < -0.39 is 11.7 Å². The van der Waals surface area contributed by atoms with E-state index in [1.165, 1.54) is 42.8 Å². The van der Waals surface area contributed by atoms with Gasteiger partial charge in [-0.1, -0.05) is 23.2 Å². The summed E-state index contributed by atoms with van der Waals surface area (Å²) >= 11 is 2.06. The van der Waals surface area contributed by atoms with Gasteiger partial charge in [0, 0.05) is 85.7 Å². The number of alkyl halides is 3. The fraction of sp³-hybridized carbons (Fsp3) is 0.235. The predicted molar refractivity (Wildman–Crippen MR) is 188 cm³/mol. The van der Waals surface area contributed by atoms with Gasteiger partial charge in [0.1, 0.15) is 18.1 Å². The molecule has 3 heterocycles. The maximum atomic E-state index is 14.3. The normalized spacial score (nSPS) is 13.3. The molecular weight excluding hydrogens is 875 g/mol. The molecule has 1 saturated heterocycles. The Kier molecular flexibility index (Phi) is 13.1. The molecule has 0 aliphatic carbocycles. The van der Waals surface area contributed by atoms with E-state index in [0.717, 1.165) is 12.1 Å². The smallest absolute Gasteiger partial charge is 0.416 e. The van der Waals surface area contributed by atoms with Crippen LogP contribution in [0.1, 0.15) is 27.3 Å². The van der Waals surface area contributed by atoms with Crippen molar-refractivity contribution in [1.82, 2.24) is 34.3 Å². The van der Waals surface area contributed by atoms with Crippen molar-refractivity contribution < 1.29 is 60.2 Å². The summed E-state index contributed by atoms with van der Waals surface area (Å²) in [5, 5.41) is 11.3. The minimum atomic E-state index is -4.46. The zero-order valence-corrected chi connectivity index (χ0v) is 32.5. The van der Waals surface area contributed by atoms with Crippen molar-refractivity contribution in [3.05, 3.63) is 112 Å². The van der Waals surface area contributed by atoms with Gasteiger partial charge in [-0.2, -0.15) is 46.4 Å². The summed E-state index contributed by atoms with van der Waals surface area (Å²) in [5.41, 5.74) is 0.500. The molecule has 1 aliphatic rings. The van der Waals surface area contributed by atoms with Crippen LogP contribution < -0.4 is 10.3 Å². The third-order valence-corrected chi connectivity index (χ3v) is 8.77. The quantitative estimate of drug-likeness (QED) is 0.0892. The average molecular weight is 901 g/mol. The molecule has 1 amide bonds. The van der Waals surface area contributed by atoms with E-state index in [-0.39, 0.29) is 75.4 Å². The van der Waals surface area contributed by atoms with Gasteiger partial charge >= 0.3 is 6.18 Å². The average Bonchev–Trinajstić information content (AvgIpc) is 3.63. The molecule has 11 nitrogen and oxygen atoms in total. The predicted octanol–water partition coefficient (Wildman–Crippen LogP) is 4.79. The molecule has 3 aromatic carbocycles. The number of carbonyl (C=O) groups excluding carboxylic acids is 2. The number of aromatic nitrogens is 5. The molecule has 1 aliphatic heterocycles. The monoisotopic (exact) mass is 901 g/mol. The molecule has 6 rings (SSSR count). The van der Waals surface area contributed by atoms with Crippen molar-refractivity contribution >= 4 is 52.7 Å². The molecular formula is C34H26F3IN7O4SY-. The minimum absolute atomic E-state index is 0. The zero-order valence-electron chi connectivity index (χ0n) is 26.6. The number of piperazine rings is 1. The number of fused-ring (bicyclic) bond motifs is 1. The number of benzene rings is 3. The van der Waals surface area contributed by atoms with E-state index in [9.17, 15) is 27.6 Å². The molecule has 1 radical (unpaired) electrons. The van der Waals surface area contributed by atoms with Gasteiger partial charge in [-0.3, -0.25) is 23.9 Å². The van der Waals surface area contributed by atoms with E-state index in [1.54, 1.807) is 41.3 Å². The fourth-order valence-corrected chi connectivity index (χ4v) is 5.92. The number of ketones is 1. The third-order valence-electron chi connectivity index (χ3n) is 7.93. The summed E-state index contributed by atoms with van der Waals surface area (Å²) in [6.45, 7) is 1.48. The van der Waals surface area contributed by atoms with Crippen molar-refractivity contribution in [2.75, 3.05) is 32.8 Å². The number of carbonyl (C=O) groups is 2. The van der Waals surface area contributed by atoms with Crippen LogP contribution in [0.3, 0.4) is 0 Å². The van der Waals surface area contributed by atoms with Crippen molar-refractivity contribution in [3.63, 3.8) is 0 Å². The van der Waals surface area contributed by atoms with Crippen LogP contribution >= 0.6 is 30.1 Å². The van der Waals surface area contributed by atoms with Crippen LogP contribution in [0.5, 0.6) is 5.75 Å². The number of nitrogens with zero attached hydrogens (tertiary/aromatic N) is 7. The van der Waals surface area contributed by atoms with Crippen LogP contribution in [-0.2, 0) is 56.8 Å². The molecule has 5 aromatic rings. The van der Waals surface area contributed by atoms with Gasteiger partial charge < -0.3 is 9.64 Å². The summed E-state index contributed by atoms with van der Waals surface area (Å²) in [7, 11) is 1.29. The SMILES string of the molecule is O=C(Cn1nccn1)c1cc[c-]c(-n2c(CN3CCN(C(=O)COc4ccc(C(F)(F)F)cc4)CC3)nc3cccc(C#CSI)c3c2=O)c1.[Y]. The third kappa shape index (κ3) is 9.44. The summed E-state index contributed by atoms with van der Waals surface area (Å²) in [4.78, 5) is 50.1. The van der Waals surface area contributed by atoms with Crippen LogP contribution in [0.15, 0.2) is 77.9 Å². The van der Waals surface area contributed by atoms with Crippen molar-refractivity contribution in [2.24, 2.45) is 0 Å². The number of hydrogen-bond donors (Lipinski definition) is 0. The van der Waals surface area contributed by atoms with Crippen molar-refractivity contribution in [2.45, 2.75) is 19.3 Å². The van der Waals surface area contributed by atoms with Crippen LogP contribution in [0.25, 0.3) is 16.6 Å². The molecule has 1 fully saturated rings. The Hall–Kier alpha value is -3.63. The minimum Gasteiger partial charge on any atom is -0.484 e. The van der Waals surface area contributed by atoms with Gasteiger partial charge in [-0.05, 0) is 50.6 Å². The Morgan fingerprint density at radius 1 is 1.02 bits per heavy atom. The standard InChI is InChI=1S/C34H26F3IN7O4S.Y/c35-34(36,37)25-7-9-27(10-8-25)49-22-31(47)43-16-14-42(15-17-43)21-30-41-28-6-2-3-23(11-18-50-38)32(28)33(48)45(30)26-5-1-4-24(19-26)29(46)20-44-39-12-13-40-44;/h1-4,6-10,12-13,19H,14-17,20-22H2;/q-1;. The molecule has 2 aromatic heterocycles. The van der Waals surface area contributed by atoms with E-state index in [1.807, 2.05) is 0 Å². The molecule has 0 atom stereocenters. The molecule has 0 unspecified atom stereocenters. The first kappa shape index (κ1) is 38.6. The van der Waals surface area contributed by atoms with Gasteiger partial charge in [0.2, 0.25) is 0 Å². The molecule has 259 valence electrons. The second-order valence-corrected chi connectivity index (χ2v) is 12.8. The van der Waals surface area contributed by atoms with Crippen LogP contribution in [-0.4, -0.2) is 78.8 Å². The van der Waals surface area contributed by atoms with Crippen LogP contribution in [0.4, 0.5) is 13.2 Å². The summed E-state index contributed by atoms with van der Waals surface area (Å²) in [6, 6.07) is 17.3. The Bertz CT molecular complexity index is 2150. The molecule has 0 N–H and O–H groups in total. The summed E-state index contributed by atoms with van der Waals surface area (Å²) in [5.74, 6) is 3.04. The van der Waals surface area contributed by atoms with Gasteiger partial charge in [-0.15, -0.1) is 6.07 Å². The van der Waals surface area contributed by atoms with Crippen LogP contribution in [0, 0.1) is 17.2 Å². The second-order valence-electron chi connectivity index (χ2n) is 11.1. The first-order valence-electron chi connectivity index (χ1n) is 15.1. The molecule has 0 bridgehead atoms. The number of Topliss-reactive ketones (excluding diaryl/α,β-unsaturated/α-hetero) is 1. The maximum absolute atomic E-state index is 14.3. The van der Waals surface area contributed by atoms with Crippen molar-refractivity contribution in [3.8, 4) is 22.6 Å². The molecule has 0 spiro atoms. The fourth-order valence-electron chi connectivity index (χ4n) is 5.44. The Morgan fingerprint density at radius 2 is 1.75 bits per heavy atom. The van der Waals surface area contributed by atoms with Crippen LogP contribution in [0.2, 0.25) is 0 Å². The summed E-state index contributed by atoms with van der Waals surface area (Å²) in [6.07, 6.45) is -1.50. The topological polar surface area (TPSA) is 115 Å². The number of rotatable bonds is 9. The Balaban J connectivity index is 0.00000504. The maximum Gasteiger partial charge on any atom is 0.416 e. The van der Waals surface area contributed by atoms with E-state index in [2.05, 4.69) is 53.5 Å². The molecule has 17 heteroatoms. The first-order chi connectivity index (χ1) is 24.1. The van der Waals surface area contributed by atoms with Gasteiger partial charge in [0.05, 0.1) is 35.4 Å². The number of halogens is 4. The molecule has 0 saturated carbocycles. The zero-order chi connectivity index (χ0) is 35.3. The summed E-state index contributed by atoms with van der Waals surface area (Å²) < 4.78 is 45.5. The van der Waals surface area contributed by atoms with E-state index >= 15 is 0 Å². The van der Waals surface area contributed by atoms with Gasteiger partial charge in [-0.25, -0.2) is 4.98 Å². The first-order valence-corrected chi connectivity index (χ1v) is 18.5. The van der Waals surface area contributed by atoms with E-state index in [0.29, 0.717) is 59.7 Å². The molecule has 51 heavy (non-hydrogen) atoms. The Labute approximate surface area is 331 Å². The number of ether oxygens (including phenoxy) is 1. The second kappa shape index (κ2) is 17.3. The largest absolute Gasteiger partial charge is 0.484 e. The number of amides is 1. The Morgan fingerprint density at radius 3 is 2.43 bits per heavy atom. The van der Waals surface area contributed by atoms with Crippen molar-refractivity contribution in [1.29, 1.82) is 0 Å². The number of hydrogen-bond acceptors (Lipinski definition) is 9.